The Balaban J connectivity index is 1.60. The lowest BCUT2D eigenvalue weighted by Gasteiger charge is -2.32. The molecule has 4 nitrogen and oxygen atoms in total. The van der Waals surface area contributed by atoms with E-state index in [1.165, 1.54) is 24.8 Å². The largest absolute Gasteiger partial charge is 0.314 e. The van der Waals surface area contributed by atoms with E-state index >= 15 is 0 Å². The fraction of sp³-hybridized carbons (Fsp3) is 0.786. The summed E-state index contributed by atoms with van der Waals surface area (Å²) in [6, 6.07) is 0.502. The van der Waals surface area contributed by atoms with Crippen LogP contribution in [0.15, 0.2) is 12.4 Å². The van der Waals surface area contributed by atoms with Crippen LogP contribution in [0.2, 0.25) is 0 Å². The minimum atomic E-state index is 0.502. The molecule has 1 aromatic rings. The molecular weight excluding hydrogens is 224 g/mol. The SMILES string of the molecule is CC(c1cnn(CC2CCC2)c1)N1CCNCC1. The van der Waals surface area contributed by atoms with Crippen LogP contribution in [0.5, 0.6) is 0 Å². The average molecular weight is 248 g/mol. The van der Waals surface area contributed by atoms with Gasteiger partial charge in [-0.05, 0) is 25.7 Å². The number of nitrogens with one attached hydrogen (secondary N) is 1. The Labute approximate surface area is 109 Å². The van der Waals surface area contributed by atoms with Crippen LogP contribution in [0.1, 0.15) is 37.8 Å². The van der Waals surface area contributed by atoms with Crippen LogP contribution < -0.4 is 5.32 Å². The molecule has 1 N–H and O–H groups in total. The summed E-state index contributed by atoms with van der Waals surface area (Å²) in [5.41, 5.74) is 1.37. The average Bonchev–Trinajstić information content (AvgIpc) is 2.83. The van der Waals surface area contributed by atoms with Crippen LogP contribution >= 0.6 is 0 Å². The fourth-order valence-electron chi connectivity index (χ4n) is 2.92. The highest BCUT2D eigenvalue weighted by Gasteiger charge is 2.21. The molecule has 18 heavy (non-hydrogen) atoms. The van der Waals surface area contributed by atoms with Crippen LogP contribution in [0, 0.1) is 5.92 Å². The molecule has 0 bridgehead atoms. The van der Waals surface area contributed by atoms with E-state index in [0.717, 1.165) is 38.6 Å². The third-order valence-electron chi connectivity index (χ3n) is 4.50. The molecule has 1 unspecified atom stereocenters. The lowest BCUT2D eigenvalue weighted by atomic mass is 9.85. The highest BCUT2D eigenvalue weighted by Crippen LogP contribution is 2.28. The topological polar surface area (TPSA) is 33.1 Å². The minimum Gasteiger partial charge on any atom is -0.314 e. The van der Waals surface area contributed by atoms with E-state index in [1.54, 1.807) is 0 Å². The molecule has 100 valence electrons. The predicted octanol–water partition coefficient (Wildman–Crippen LogP) is 1.65. The van der Waals surface area contributed by atoms with Gasteiger partial charge in [0.1, 0.15) is 0 Å². The van der Waals surface area contributed by atoms with Gasteiger partial charge in [0, 0.05) is 50.5 Å². The second-order valence-corrected chi connectivity index (χ2v) is 5.75. The van der Waals surface area contributed by atoms with E-state index in [0.29, 0.717) is 6.04 Å². The predicted molar refractivity (Wildman–Crippen MR) is 72.4 cm³/mol. The van der Waals surface area contributed by atoms with Crippen molar-refractivity contribution in [1.29, 1.82) is 0 Å². The molecule has 0 amide bonds. The zero-order chi connectivity index (χ0) is 12.4. The maximum absolute atomic E-state index is 4.53. The van der Waals surface area contributed by atoms with E-state index in [-0.39, 0.29) is 0 Å². The highest BCUT2D eigenvalue weighted by molar-refractivity contribution is 5.10. The Morgan fingerprint density at radius 2 is 2.17 bits per heavy atom. The van der Waals surface area contributed by atoms with Crippen molar-refractivity contribution in [1.82, 2.24) is 20.0 Å². The second kappa shape index (κ2) is 5.41. The fourth-order valence-corrected chi connectivity index (χ4v) is 2.92. The molecule has 1 aliphatic heterocycles. The van der Waals surface area contributed by atoms with Gasteiger partial charge in [0.2, 0.25) is 0 Å². The Bertz CT molecular complexity index is 377. The summed E-state index contributed by atoms with van der Waals surface area (Å²) in [6.07, 6.45) is 8.51. The number of nitrogens with zero attached hydrogens (tertiary/aromatic N) is 3. The van der Waals surface area contributed by atoms with Gasteiger partial charge in [-0.1, -0.05) is 6.42 Å². The highest BCUT2D eigenvalue weighted by atomic mass is 15.3. The van der Waals surface area contributed by atoms with Crippen molar-refractivity contribution in [3.8, 4) is 0 Å². The number of hydrogen-bond acceptors (Lipinski definition) is 3. The van der Waals surface area contributed by atoms with Gasteiger partial charge in [0.25, 0.3) is 0 Å². The zero-order valence-corrected chi connectivity index (χ0v) is 11.3. The van der Waals surface area contributed by atoms with Crippen LogP contribution in [0.4, 0.5) is 0 Å². The summed E-state index contributed by atoms with van der Waals surface area (Å²) in [4.78, 5) is 2.54. The van der Waals surface area contributed by atoms with Gasteiger partial charge in [-0.2, -0.15) is 5.10 Å². The molecule has 2 aliphatic rings. The van der Waals surface area contributed by atoms with Gasteiger partial charge in [-0.3, -0.25) is 9.58 Å². The van der Waals surface area contributed by atoms with Crippen molar-refractivity contribution in [2.75, 3.05) is 26.2 Å². The van der Waals surface area contributed by atoms with Gasteiger partial charge >= 0.3 is 0 Å². The lowest BCUT2D eigenvalue weighted by molar-refractivity contribution is 0.185. The molecule has 1 saturated carbocycles. The molecular formula is C14H24N4. The first-order valence-electron chi connectivity index (χ1n) is 7.30. The van der Waals surface area contributed by atoms with E-state index in [2.05, 4.69) is 39.3 Å². The molecule has 1 atom stereocenters. The smallest absolute Gasteiger partial charge is 0.0537 e. The molecule has 1 aromatic heterocycles. The monoisotopic (exact) mass is 248 g/mol. The number of piperazine rings is 1. The van der Waals surface area contributed by atoms with Crippen molar-refractivity contribution in [2.45, 2.75) is 38.8 Å². The third-order valence-corrected chi connectivity index (χ3v) is 4.50. The summed E-state index contributed by atoms with van der Waals surface area (Å²) in [5.74, 6) is 0.882. The maximum atomic E-state index is 4.53. The van der Waals surface area contributed by atoms with Crippen molar-refractivity contribution in [3.63, 3.8) is 0 Å². The van der Waals surface area contributed by atoms with E-state index in [1.807, 2.05) is 0 Å². The molecule has 3 rings (SSSR count). The number of aromatic nitrogens is 2. The van der Waals surface area contributed by atoms with Crippen LogP contribution in [-0.2, 0) is 6.54 Å². The Hall–Kier alpha value is -0.870. The number of rotatable bonds is 4. The molecule has 2 heterocycles. The first kappa shape index (κ1) is 12.2. The summed E-state index contributed by atoms with van der Waals surface area (Å²) in [6.45, 7) is 7.94. The molecule has 0 spiro atoms. The van der Waals surface area contributed by atoms with Crippen molar-refractivity contribution >= 4 is 0 Å². The van der Waals surface area contributed by atoms with Crippen LogP contribution in [0.3, 0.4) is 0 Å². The van der Waals surface area contributed by atoms with Gasteiger partial charge in [0.15, 0.2) is 0 Å². The maximum Gasteiger partial charge on any atom is 0.0537 e. The van der Waals surface area contributed by atoms with E-state index in [4.69, 9.17) is 0 Å². The normalized spacial score (nSPS) is 23.8. The van der Waals surface area contributed by atoms with Crippen molar-refractivity contribution in [3.05, 3.63) is 18.0 Å². The van der Waals surface area contributed by atoms with Gasteiger partial charge < -0.3 is 5.32 Å². The van der Waals surface area contributed by atoms with Gasteiger partial charge in [0.05, 0.1) is 6.20 Å². The molecule has 1 aliphatic carbocycles. The zero-order valence-electron chi connectivity index (χ0n) is 11.3. The Kier molecular flexibility index (Phi) is 3.66. The van der Waals surface area contributed by atoms with Gasteiger partial charge in [-0.15, -0.1) is 0 Å². The van der Waals surface area contributed by atoms with Crippen molar-refractivity contribution in [2.24, 2.45) is 5.92 Å². The molecule has 1 saturated heterocycles. The standard InChI is InChI=1S/C14H24N4/c1-12(17-7-5-15-6-8-17)14-9-16-18(11-14)10-13-3-2-4-13/h9,11-13,15H,2-8,10H2,1H3. The second-order valence-electron chi connectivity index (χ2n) is 5.75. The summed E-state index contributed by atoms with van der Waals surface area (Å²) < 4.78 is 2.15. The van der Waals surface area contributed by atoms with E-state index < -0.39 is 0 Å². The minimum absolute atomic E-state index is 0.502. The Morgan fingerprint density at radius 1 is 1.39 bits per heavy atom. The lowest BCUT2D eigenvalue weighted by Crippen LogP contribution is -2.44. The first-order chi connectivity index (χ1) is 8.83. The molecule has 0 aromatic carbocycles. The summed E-state index contributed by atoms with van der Waals surface area (Å²) in [5, 5.41) is 7.93. The molecule has 4 heteroatoms. The quantitative estimate of drug-likeness (QED) is 0.879. The summed E-state index contributed by atoms with van der Waals surface area (Å²) >= 11 is 0. The van der Waals surface area contributed by atoms with Crippen LogP contribution in [0.25, 0.3) is 0 Å². The van der Waals surface area contributed by atoms with Gasteiger partial charge in [-0.25, -0.2) is 0 Å². The van der Waals surface area contributed by atoms with E-state index in [9.17, 15) is 0 Å². The third kappa shape index (κ3) is 2.59. The van der Waals surface area contributed by atoms with Crippen molar-refractivity contribution < 1.29 is 0 Å². The molecule has 2 fully saturated rings. The number of hydrogen-bond donors (Lipinski definition) is 1. The summed E-state index contributed by atoms with van der Waals surface area (Å²) in [7, 11) is 0. The van der Waals surface area contributed by atoms with Crippen LogP contribution in [-0.4, -0.2) is 40.9 Å². The molecule has 0 radical (unpaired) electrons. The Morgan fingerprint density at radius 3 is 2.83 bits per heavy atom. The first-order valence-corrected chi connectivity index (χ1v) is 7.30.